The van der Waals surface area contributed by atoms with E-state index >= 15 is 0 Å². The molecule has 0 aliphatic heterocycles. The first-order chi connectivity index (χ1) is 21.2. The Labute approximate surface area is 259 Å². The molecule has 0 spiro atoms. The molecule has 0 bridgehead atoms. The van der Waals surface area contributed by atoms with Crippen LogP contribution in [0, 0.1) is 0 Å². The molecular formula is C38H40O6. The van der Waals surface area contributed by atoms with Crippen LogP contribution in [-0.2, 0) is 20.4 Å². The fraction of sp³-hybridized carbons (Fsp3) is 0.316. The van der Waals surface area contributed by atoms with E-state index in [0.717, 1.165) is 42.6 Å². The zero-order valence-corrected chi connectivity index (χ0v) is 25.9. The summed E-state index contributed by atoms with van der Waals surface area (Å²) < 4.78 is 21.9. The Kier molecular flexibility index (Phi) is 9.38. The fourth-order valence-electron chi connectivity index (χ4n) is 6.19. The first-order valence-electron chi connectivity index (χ1n) is 15.2. The van der Waals surface area contributed by atoms with Gasteiger partial charge in [0.25, 0.3) is 0 Å². The van der Waals surface area contributed by atoms with Crippen molar-refractivity contribution in [2.24, 2.45) is 0 Å². The van der Waals surface area contributed by atoms with Crippen LogP contribution < -0.4 is 18.9 Å². The lowest BCUT2D eigenvalue weighted by Gasteiger charge is -2.38. The molecule has 4 aromatic carbocycles. The van der Waals surface area contributed by atoms with Crippen LogP contribution in [-0.4, -0.2) is 25.7 Å². The second-order valence-electron chi connectivity index (χ2n) is 11.9. The van der Waals surface area contributed by atoms with Gasteiger partial charge in [0, 0.05) is 17.8 Å². The first kappa shape index (κ1) is 30.9. The fourth-order valence-corrected chi connectivity index (χ4v) is 6.19. The van der Waals surface area contributed by atoms with E-state index in [1.165, 1.54) is 24.5 Å². The third-order valence-corrected chi connectivity index (χ3v) is 8.76. The standard InChI is InChI=1S/C38H40O6/c1-27(39)43-34-22-14-31(15-23-34)38(24-6-5-7-25-38)30-12-18-33(19-13-30)42-26-36(40)44-35-20-10-29(11-21-35)37(2,3)28-8-16-32(41-4)17-9-28/h8-23H,5-7,24-26H2,1-4H3. The highest BCUT2D eigenvalue weighted by atomic mass is 16.6. The van der Waals surface area contributed by atoms with Crippen molar-refractivity contribution in [3.05, 3.63) is 119 Å². The lowest BCUT2D eigenvalue weighted by Crippen LogP contribution is -2.30. The molecule has 0 aromatic heterocycles. The maximum atomic E-state index is 12.6. The average Bonchev–Trinajstić information content (AvgIpc) is 3.05. The Balaban J connectivity index is 1.20. The van der Waals surface area contributed by atoms with Gasteiger partial charge in [-0.05, 0) is 83.6 Å². The number of ether oxygens (including phenoxy) is 4. The van der Waals surface area contributed by atoms with Crippen molar-refractivity contribution in [3.8, 4) is 23.0 Å². The van der Waals surface area contributed by atoms with Gasteiger partial charge in [-0.15, -0.1) is 0 Å². The van der Waals surface area contributed by atoms with Crippen molar-refractivity contribution in [2.75, 3.05) is 13.7 Å². The molecule has 6 heteroatoms. The van der Waals surface area contributed by atoms with Crippen LogP contribution in [0.2, 0.25) is 0 Å². The summed E-state index contributed by atoms with van der Waals surface area (Å²) in [6, 6.07) is 31.5. The molecule has 0 atom stereocenters. The predicted molar refractivity (Wildman–Crippen MR) is 171 cm³/mol. The topological polar surface area (TPSA) is 71.1 Å². The van der Waals surface area contributed by atoms with Crippen LogP contribution in [0.25, 0.3) is 0 Å². The molecule has 1 aliphatic carbocycles. The Hall–Kier alpha value is -4.58. The van der Waals surface area contributed by atoms with E-state index in [1.807, 2.05) is 60.7 Å². The zero-order chi connectivity index (χ0) is 31.2. The van der Waals surface area contributed by atoms with Crippen molar-refractivity contribution >= 4 is 11.9 Å². The molecule has 0 amide bonds. The van der Waals surface area contributed by atoms with Gasteiger partial charge in [-0.3, -0.25) is 4.79 Å². The van der Waals surface area contributed by atoms with Gasteiger partial charge in [0.2, 0.25) is 0 Å². The third-order valence-electron chi connectivity index (χ3n) is 8.76. The molecule has 6 nitrogen and oxygen atoms in total. The molecule has 1 saturated carbocycles. The number of rotatable bonds is 10. The molecule has 0 unspecified atom stereocenters. The number of methoxy groups -OCH3 is 1. The van der Waals surface area contributed by atoms with Gasteiger partial charge < -0.3 is 18.9 Å². The van der Waals surface area contributed by atoms with Crippen LogP contribution >= 0.6 is 0 Å². The number of esters is 2. The van der Waals surface area contributed by atoms with E-state index in [1.54, 1.807) is 7.11 Å². The SMILES string of the molecule is COc1ccc(C(C)(C)c2ccc(OC(=O)COc3ccc(C4(c5ccc(OC(C)=O)cc5)CCCCC4)cc3)cc2)cc1. The predicted octanol–water partition coefficient (Wildman–Crippen LogP) is 8.18. The van der Waals surface area contributed by atoms with E-state index in [0.29, 0.717) is 17.2 Å². The van der Waals surface area contributed by atoms with Crippen molar-refractivity contribution in [1.82, 2.24) is 0 Å². The Morgan fingerprint density at radius 2 is 1.09 bits per heavy atom. The highest BCUT2D eigenvalue weighted by molar-refractivity contribution is 5.74. The molecule has 1 aliphatic rings. The maximum Gasteiger partial charge on any atom is 0.349 e. The van der Waals surface area contributed by atoms with Gasteiger partial charge in [0.05, 0.1) is 7.11 Å². The monoisotopic (exact) mass is 592 g/mol. The first-order valence-corrected chi connectivity index (χ1v) is 15.2. The van der Waals surface area contributed by atoms with Gasteiger partial charge in [0.15, 0.2) is 6.61 Å². The van der Waals surface area contributed by atoms with Crippen molar-refractivity contribution in [1.29, 1.82) is 0 Å². The van der Waals surface area contributed by atoms with Crippen molar-refractivity contribution in [3.63, 3.8) is 0 Å². The van der Waals surface area contributed by atoms with Crippen LogP contribution in [0.1, 0.15) is 75.1 Å². The summed E-state index contributed by atoms with van der Waals surface area (Å²) in [5.41, 5.74) is 4.35. The maximum absolute atomic E-state index is 12.6. The summed E-state index contributed by atoms with van der Waals surface area (Å²) in [4.78, 5) is 23.9. The van der Waals surface area contributed by atoms with Gasteiger partial charge >= 0.3 is 11.9 Å². The zero-order valence-electron chi connectivity index (χ0n) is 25.9. The van der Waals surface area contributed by atoms with Crippen LogP contribution in [0.5, 0.6) is 23.0 Å². The Morgan fingerprint density at radius 3 is 1.59 bits per heavy atom. The smallest absolute Gasteiger partial charge is 0.349 e. The summed E-state index contributed by atoms with van der Waals surface area (Å²) in [7, 11) is 1.66. The third kappa shape index (κ3) is 6.96. The molecule has 44 heavy (non-hydrogen) atoms. The van der Waals surface area contributed by atoms with Crippen LogP contribution in [0.4, 0.5) is 0 Å². The number of benzene rings is 4. The van der Waals surface area contributed by atoms with E-state index in [2.05, 4.69) is 50.2 Å². The lowest BCUT2D eigenvalue weighted by atomic mass is 9.65. The van der Waals surface area contributed by atoms with Crippen molar-refractivity contribution in [2.45, 2.75) is 63.7 Å². The molecule has 0 radical (unpaired) electrons. The second kappa shape index (κ2) is 13.4. The molecule has 1 fully saturated rings. The minimum absolute atomic E-state index is 0.113. The molecule has 0 heterocycles. The highest BCUT2D eigenvalue weighted by Gasteiger charge is 2.35. The van der Waals surface area contributed by atoms with E-state index in [9.17, 15) is 9.59 Å². The molecule has 5 rings (SSSR count). The average molecular weight is 593 g/mol. The minimum atomic E-state index is -0.465. The molecule has 228 valence electrons. The van der Waals surface area contributed by atoms with Gasteiger partial charge in [-0.25, -0.2) is 4.79 Å². The summed E-state index contributed by atoms with van der Waals surface area (Å²) in [6.07, 6.45) is 5.61. The van der Waals surface area contributed by atoms with Gasteiger partial charge in [-0.1, -0.05) is 81.6 Å². The highest BCUT2D eigenvalue weighted by Crippen LogP contribution is 2.45. The summed E-state index contributed by atoms with van der Waals surface area (Å²) in [6.45, 7) is 5.53. The van der Waals surface area contributed by atoms with Crippen molar-refractivity contribution < 1.29 is 28.5 Å². The Morgan fingerprint density at radius 1 is 0.636 bits per heavy atom. The Bertz CT molecular complexity index is 1550. The van der Waals surface area contributed by atoms with Gasteiger partial charge in [0.1, 0.15) is 23.0 Å². The van der Waals surface area contributed by atoms with Crippen LogP contribution in [0.3, 0.4) is 0 Å². The quantitative estimate of drug-likeness (QED) is 0.137. The summed E-state index contributed by atoms with van der Waals surface area (Å²) in [5, 5.41) is 0. The number of carbonyl (C=O) groups is 2. The molecule has 4 aromatic rings. The van der Waals surface area contributed by atoms with Crippen LogP contribution in [0.15, 0.2) is 97.1 Å². The van der Waals surface area contributed by atoms with E-state index in [-0.39, 0.29) is 23.4 Å². The molecule has 0 saturated heterocycles. The normalized spacial score (nSPS) is 14.4. The lowest BCUT2D eigenvalue weighted by molar-refractivity contribution is -0.136. The molecule has 0 N–H and O–H groups in total. The number of carbonyl (C=O) groups excluding carboxylic acids is 2. The number of hydrogen-bond donors (Lipinski definition) is 0. The summed E-state index contributed by atoms with van der Waals surface area (Å²) in [5.74, 6) is 1.67. The second-order valence-corrected chi connectivity index (χ2v) is 11.9. The number of hydrogen-bond acceptors (Lipinski definition) is 6. The van der Waals surface area contributed by atoms with Gasteiger partial charge in [-0.2, -0.15) is 0 Å². The minimum Gasteiger partial charge on any atom is -0.497 e. The van der Waals surface area contributed by atoms with E-state index in [4.69, 9.17) is 18.9 Å². The largest absolute Gasteiger partial charge is 0.497 e. The van der Waals surface area contributed by atoms with E-state index < -0.39 is 5.97 Å². The molecular weight excluding hydrogens is 552 g/mol. The summed E-state index contributed by atoms with van der Waals surface area (Å²) >= 11 is 0.